The first-order valence-electron chi connectivity index (χ1n) is 3.81. The van der Waals surface area contributed by atoms with Gasteiger partial charge in [0.1, 0.15) is 0 Å². The standard InChI is InChI=1S/C7H15NO3/c1-3-4(2)11-7(10)5(8)6(3)9/h3-7,9-10H,8H2,1-2H3. The molecule has 1 saturated heterocycles. The first-order valence-corrected chi connectivity index (χ1v) is 3.81. The second-order valence-corrected chi connectivity index (χ2v) is 3.16. The van der Waals surface area contributed by atoms with Crippen LogP contribution < -0.4 is 5.73 Å². The SMILES string of the molecule is CC1OC(O)C(N)C(O)C1C. The molecule has 0 radical (unpaired) electrons. The summed E-state index contributed by atoms with van der Waals surface area (Å²) in [7, 11) is 0. The van der Waals surface area contributed by atoms with E-state index in [4.69, 9.17) is 15.6 Å². The van der Waals surface area contributed by atoms with E-state index in [0.717, 1.165) is 0 Å². The van der Waals surface area contributed by atoms with Crippen molar-refractivity contribution in [1.82, 2.24) is 0 Å². The van der Waals surface area contributed by atoms with Gasteiger partial charge in [-0.05, 0) is 6.92 Å². The molecule has 4 nitrogen and oxygen atoms in total. The van der Waals surface area contributed by atoms with E-state index in [2.05, 4.69) is 0 Å². The van der Waals surface area contributed by atoms with E-state index in [1.54, 1.807) is 0 Å². The lowest BCUT2D eigenvalue weighted by atomic mass is 9.91. The van der Waals surface area contributed by atoms with Crippen molar-refractivity contribution in [2.45, 2.75) is 38.4 Å². The number of nitrogens with two attached hydrogens (primary N) is 1. The van der Waals surface area contributed by atoms with Crippen LogP contribution in [0.3, 0.4) is 0 Å². The fraction of sp³-hybridized carbons (Fsp3) is 1.00. The molecule has 0 amide bonds. The van der Waals surface area contributed by atoms with Crippen molar-refractivity contribution in [3.05, 3.63) is 0 Å². The van der Waals surface area contributed by atoms with Gasteiger partial charge in [0.25, 0.3) is 0 Å². The zero-order valence-corrected chi connectivity index (χ0v) is 6.77. The van der Waals surface area contributed by atoms with Crippen LogP contribution in [0.25, 0.3) is 0 Å². The lowest BCUT2D eigenvalue weighted by Crippen LogP contribution is -2.56. The summed E-state index contributed by atoms with van der Waals surface area (Å²) in [6, 6.07) is -0.679. The summed E-state index contributed by atoms with van der Waals surface area (Å²) >= 11 is 0. The number of aliphatic hydroxyl groups is 2. The minimum absolute atomic E-state index is 0.0200. The van der Waals surface area contributed by atoms with Gasteiger partial charge in [0.05, 0.1) is 18.2 Å². The molecule has 5 unspecified atom stereocenters. The summed E-state index contributed by atoms with van der Waals surface area (Å²) in [5, 5.41) is 18.6. The molecular formula is C7H15NO3. The Morgan fingerprint density at radius 1 is 1.27 bits per heavy atom. The van der Waals surface area contributed by atoms with Crippen LogP contribution >= 0.6 is 0 Å². The summed E-state index contributed by atoms with van der Waals surface area (Å²) in [6.07, 6.45) is -1.84. The maximum absolute atomic E-state index is 9.42. The van der Waals surface area contributed by atoms with Gasteiger partial charge in [-0.15, -0.1) is 0 Å². The largest absolute Gasteiger partial charge is 0.391 e. The molecule has 0 aromatic carbocycles. The van der Waals surface area contributed by atoms with Crippen LogP contribution in [0, 0.1) is 5.92 Å². The third-order valence-electron chi connectivity index (χ3n) is 2.36. The molecular weight excluding hydrogens is 146 g/mol. The van der Waals surface area contributed by atoms with Crippen molar-refractivity contribution in [1.29, 1.82) is 0 Å². The summed E-state index contributed by atoms with van der Waals surface area (Å²) in [5.74, 6) is -0.0200. The van der Waals surface area contributed by atoms with E-state index in [1.165, 1.54) is 0 Å². The molecule has 0 aromatic heterocycles. The highest BCUT2D eigenvalue weighted by Crippen LogP contribution is 2.22. The molecule has 11 heavy (non-hydrogen) atoms. The molecule has 1 rings (SSSR count). The Bertz CT molecular complexity index is 128. The van der Waals surface area contributed by atoms with Gasteiger partial charge >= 0.3 is 0 Å². The van der Waals surface area contributed by atoms with E-state index < -0.39 is 18.4 Å². The minimum Gasteiger partial charge on any atom is -0.391 e. The van der Waals surface area contributed by atoms with Crippen LogP contribution in [0.5, 0.6) is 0 Å². The Balaban J connectivity index is 2.63. The smallest absolute Gasteiger partial charge is 0.172 e. The Morgan fingerprint density at radius 2 is 1.82 bits per heavy atom. The average molecular weight is 161 g/mol. The average Bonchev–Trinajstić information content (AvgIpc) is 1.97. The molecule has 5 atom stereocenters. The third kappa shape index (κ3) is 1.54. The fourth-order valence-corrected chi connectivity index (χ4v) is 1.23. The second-order valence-electron chi connectivity index (χ2n) is 3.16. The first-order chi connectivity index (χ1) is 5.04. The van der Waals surface area contributed by atoms with Crippen molar-refractivity contribution in [2.75, 3.05) is 0 Å². The van der Waals surface area contributed by atoms with Crippen LogP contribution in [-0.2, 0) is 4.74 Å². The molecule has 1 fully saturated rings. The summed E-state index contributed by atoms with van der Waals surface area (Å²) < 4.78 is 5.05. The number of hydrogen-bond donors (Lipinski definition) is 3. The lowest BCUT2D eigenvalue weighted by Gasteiger charge is -2.38. The highest BCUT2D eigenvalue weighted by Gasteiger charge is 2.37. The molecule has 0 aliphatic carbocycles. The molecule has 4 heteroatoms. The van der Waals surface area contributed by atoms with Gasteiger partial charge in [-0.3, -0.25) is 0 Å². The van der Waals surface area contributed by atoms with Crippen LogP contribution in [0.1, 0.15) is 13.8 Å². The summed E-state index contributed by atoms with van der Waals surface area (Å²) in [5.41, 5.74) is 5.45. The lowest BCUT2D eigenvalue weighted by molar-refractivity contribution is -0.216. The van der Waals surface area contributed by atoms with Gasteiger partial charge in [-0.25, -0.2) is 0 Å². The molecule has 0 bridgehead atoms. The van der Waals surface area contributed by atoms with Crippen molar-refractivity contribution in [3.8, 4) is 0 Å². The Kier molecular flexibility index (Phi) is 2.49. The fourth-order valence-electron chi connectivity index (χ4n) is 1.23. The zero-order valence-electron chi connectivity index (χ0n) is 6.77. The molecule has 66 valence electrons. The number of rotatable bonds is 0. The molecule has 4 N–H and O–H groups in total. The third-order valence-corrected chi connectivity index (χ3v) is 2.36. The first kappa shape index (κ1) is 8.93. The Morgan fingerprint density at radius 3 is 2.36 bits per heavy atom. The van der Waals surface area contributed by atoms with Gasteiger partial charge in [-0.2, -0.15) is 0 Å². The zero-order chi connectivity index (χ0) is 8.59. The molecule has 1 aliphatic heterocycles. The van der Waals surface area contributed by atoms with Gasteiger partial charge < -0.3 is 20.7 Å². The molecule has 0 spiro atoms. The monoisotopic (exact) mass is 161 g/mol. The van der Waals surface area contributed by atoms with Crippen LogP contribution in [0.4, 0.5) is 0 Å². The van der Waals surface area contributed by atoms with Crippen molar-refractivity contribution in [2.24, 2.45) is 11.7 Å². The van der Waals surface area contributed by atoms with E-state index in [0.29, 0.717) is 0 Å². The Hall–Kier alpha value is -0.160. The molecule has 0 saturated carbocycles. The molecule has 1 aliphatic rings. The molecule has 1 heterocycles. The van der Waals surface area contributed by atoms with E-state index in [9.17, 15) is 5.11 Å². The van der Waals surface area contributed by atoms with Crippen molar-refractivity contribution >= 4 is 0 Å². The van der Waals surface area contributed by atoms with Crippen LogP contribution in [-0.4, -0.2) is 34.8 Å². The van der Waals surface area contributed by atoms with E-state index in [-0.39, 0.29) is 12.0 Å². The number of aliphatic hydroxyl groups excluding tert-OH is 2. The van der Waals surface area contributed by atoms with Gasteiger partial charge in [0, 0.05) is 5.92 Å². The quantitative estimate of drug-likeness (QED) is 0.428. The van der Waals surface area contributed by atoms with Crippen molar-refractivity contribution in [3.63, 3.8) is 0 Å². The summed E-state index contributed by atoms with van der Waals surface area (Å²) in [4.78, 5) is 0. The minimum atomic E-state index is -1.03. The van der Waals surface area contributed by atoms with E-state index in [1.807, 2.05) is 13.8 Å². The highest BCUT2D eigenvalue weighted by atomic mass is 16.6. The predicted octanol–water partition coefficient (Wildman–Crippen LogP) is -0.952. The number of ether oxygens (including phenoxy) is 1. The maximum atomic E-state index is 9.42. The summed E-state index contributed by atoms with van der Waals surface area (Å²) in [6.45, 7) is 3.66. The highest BCUT2D eigenvalue weighted by molar-refractivity contribution is 4.86. The van der Waals surface area contributed by atoms with E-state index >= 15 is 0 Å². The molecule has 0 aromatic rings. The Labute approximate surface area is 66.0 Å². The number of hydrogen-bond acceptors (Lipinski definition) is 4. The normalized spacial score (nSPS) is 52.6. The van der Waals surface area contributed by atoms with Crippen LogP contribution in [0.15, 0.2) is 0 Å². The maximum Gasteiger partial charge on any atom is 0.172 e. The second kappa shape index (κ2) is 3.06. The van der Waals surface area contributed by atoms with Gasteiger partial charge in [0.2, 0.25) is 0 Å². The van der Waals surface area contributed by atoms with Crippen molar-refractivity contribution < 1.29 is 14.9 Å². The predicted molar refractivity (Wildman–Crippen MR) is 39.7 cm³/mol. The van der Waals surface area contributed by atoms with Gasteiger partial charge in [0.15, 0.2) is 6.29 Å². The van der Waals surface area contributed by atoms with Crippen LogP contribution in [0.2, 0.25) is 0 Å². The van der Waals surface area contributed by atoms with Gasteiger partial charge in [-0.1, -0.05) is 6.92 Å². The topological polar surface area (TPSA) is 75.7 Å².